The second-order valence-corrected chi connectivity index (χ2v) is 6.36. The minimum Gasteiger partial charge on any atom is -0.393 e. The molecule has 0 bridgehead atoms. The summed E-state index contributed by atoms with van der Waals surface area (Å²) in [7, 11) is 1.64. The molecule has 2 aromatic rings. The minimum absolute atomic E-state index is 0.111. The van der Waals surface area contributed by atoms with Crippen LogP contribution in [0.4, 0.5) is 0 Å². The minimum atomic E-state index is -0.290. The van der Waals surface area contributed by atoms with E-state index >= 15 is 0 Å². The van der Waals surface area contributed by atoms with Crippen molar-refractivity contribution in [3.63, 3.8) is 0 Å². The Morgan fingerprint density at radius 3 is 2.83 bits per heavy atom. The molecule has 1 aliphatic carbocycles. The van der Waals surface area contributed by atoms with Gasteiger partial charge in [-0.1, -0.05) is 6.07 Å². The summed E-state index contributed by atoms with van der Waals surface area (Å²) in [6, 6.07) is 8.54. The molecule has 126 valence electrons. The molecule has 1 fully saturated rings. The molecule has 0 unspecified atom stereocenters. The second kappa shape index (κ2) is 6.97. The van der Waals surface area contributed by atoms with Crippen LogP contribution in [0.2, 0.25) is 0 Å². The maximum atomic E-state index is 12.5. The van der Waals surface area contributed by atoms with Crippen molar-refractivity contribution in [3.8, 4) is 0 Å². The van der Waals surface area contributed by atoms with Gasteiger partial charge in [0.15, 0.2) is 0 Å². The van der Waals surface area contributed by atoms with Gasteiger partial charge in [0.05, 0.1) is 6.10 Å². The van der Waals surface area contributed by atoms with Crippen molar-refractivity contribution < 1.29 is 9.90 Å². The summed E-state index contributed by atoms with van der Waals surface area (Å²) in [6.45, 7) is 0. The topological polar surface area (TPSA) is 84.2 Å². The summed E-state index contributed by atoms with van der Waals surface area (Å²) < 4.78 is 1.42. The van der Waals surface area contributed by atoms with Gasteiger partial charge in [-0.15, -0.1) is 0 Å². The number of carbonyl (C=O) groups excluding carboxylic acids is 1. The van der Waals surface area contributed by atoms with Crippen LogP contribution in [0.1, 0.15) is 28.9 Å². The maximum Gasteiger partial charge on any atom is 0.251 e. The molecule has 1 amide bonds. The average Bonchev–Trinajstić information content (AvgIpc) is 2.55. The van der Waals surface area contributed by atoms with Crippen LogP contribution < -0.4 is 10.9 Å². The lowest BCUT2D eigenvalue weighted by Gasteiger charge is -2.38. The first-order valence-corrected chi connectivity index (χ1v) is 8.08. The number of nitrogens with one attached hydrogen (secondary N) is 1. The summed E-state index contributed by atoms with van der Waals surface area (Å²) in [5.74, 6) is -0.0486. The zero-order chi connectivity index (χ0) is 17.1. The van der Waals surface area contributed by atoms with Gasteiger partial charge < -0.3 is 15.0 Å². The van der Waals surface area contributed by atoms with Gasteiger partial charge in [-0.05, 0) is 37.0 Å². The normalized spacial score (nSPS) is 20.9. The van der Waals surface area contributed by atoms with E-state index in [1.807, 2.05) is 18.2 Å². The van der Waals surface area contributed by atoms with Gasteiger partial charge in [-0.3, -0.25) is 14.6 Å². The van der Waals surface area contributed by atoms with Gasteiger partial charge in [0, 0.05) is 49.2 Å². The van der Waals surface area contributed by atoms with Gasteiger partial charge in [0.25, 0.3) is 11.5 Å². The van der Waals surface area contributed by atoms with E-state index in [0.29, 0.717) is 24.8 Å². The summed E-state index contributed by atoms with van der Waals surface area (Å²) in [5, 5.41) is 12.6. The molecule has 6 heteroatoms. The predicted octanol–water partition coefficient (Wildman–Crippen LogP) is 0.892. The standard InChI is InChI=1S/C18H21N3O3/c1-21-7-5-12(10-17(21)23)18(24)20-16(13-8-15(22)9-13)11-14-4-2-3-6-19-14/h2-7,10,13,15-16,22H,8-9,11H2,1H3,(H,20,24)/t13?,15?,16-/m0/s1. The Morgan fingerprint density at radius 1 is 1.42 bits per heavy atom. The third kappa shape index (κ3) is 3.71. The molecule has 0 radical (unpaired) electrons. The monoisotopic (exact) mass is 327 g/mol. The lowest BCUT2D eigenvalue weighted by atomic mass is 9.76. The third-order valence-corrected chi connectivity index (χ3v) is 4.56. The fraction of sp³-hybridized carbons (Fsp3) is 0.389. The maximum absolute atomic E-state index is 12.5. The third-order valence-electron chi connectivity index (χ3n) is 4.56. The van der Waals surface area contributed by atoms with Crippen LogP contribution in [0.3, 0.4) is 0 Å². The summed E-state index contributed by atoms with van der Waals surface area (Å²) >= 11 is 0. The van der Waals surface area contributed by atoms with Crippen LogP contribution in [-0.2, 0) is 13.5 Å². The molecule has 2 N–H and O–H groups in total. The van der Waals surface area contributed by atoms with Crippen molar-refractivity contribution in [2.75, 3.05) is 0 Å². The molecule has 24 heavy (non-hydrogen) atoms. The number of aliphatic hydroxyl groups excluding tert-OH is 1. The van der Waals surface area contributed by atoms with Crippen LogP contribution in [-0.4, -0.2) is 32.7 Å². The molecular formula is C18H21N3O3. The van der Waals surface area contributed by atoms with Crippen molar-refractivity contribution in [1.82, 2.24) is 14.9 Å². The first-order chi connectivity index (χ1) is 11.5. The molecule has 1 aliphatic rings. The number of rotatable bonds is 5. The lowest BCUT2D eigenvalue weighted by Crippen LogP contribution is -2.48. The number of carbonyl (C=O) groups is 1. The molecular weight excluding hydrogens is 306 g/mol. The number of aryl methyl sites for hydroxylation is 1. The van der Waals surface area contributed by atoms with Crippen molar-refractivity contribution in [3.05, 3.63) is 64.3 Å². The van der Waals surface area contributed by atoms with E-state index in [1.54, 1.807) is 25.5 Å². The summed E-state index contributed by atoms with van der Waals surface area (Å²) in [6.07, 6.45) is 4.97. The molecule has 0 aromatic carbocycles. The van der Waals surface area contributed by atoms with Crippen molar-refractivity contribution in [1.29, 1.82) is 0 Å². The Kier molecular flexibility index (Phi) is 4.76. The molecule has 0 aliphatic heterocycles. The first-order valence-electron chi connectivity index (χ1n) is 8.08. The second-order valence-electron chi connectivity index (χ2n) is 6.36. The highest BCUT2D eigenvalue weighted by Gasteiger charge is 2.35. The number of hydrogen-bond donors (Lipinski definition) is 2. The molecule has 3 rings (SSSR count). The fourth-order valence-corrected chi connectivity index (χ4v) is 2.98. The van der Waals surface area contributed by atoms with E-state index in [-0.39, 0.29) is 29.5 Å². The predicted molar refractivity (Wildman–Crippen MR) is 89.6 cm³/mol. The Bertz CT molecular complexity index is 767. The number of hydrogen-bond acceptors (Lipinski definition) is 4. The van der Waals surface area contributed by atoms with E-state index < -0.39 is 0 Å². The van der Waals surface area contributed by atoms with Crippen LogP contribution in [0.5, 0.6) is 0 Å². The van der Waals surface area contributed by atoms with E-state index in [9.17, 15) is 14.7 Å². The SMILES string of the molecule is Cn1ccc(C(=O)N[C@@H](Cc2ccccn2)C2CC(O)C2)cc1=O. The van der Waals surface area contributed by atoms with Gasteiger partial charge >= 0.3 is 0 Å². The number of amides is 1. The summed E-state index contributed by atoms with van der Waals surface area (Å²) in [5.41, 5.74) is 1.03. The molecule has 0 saturated heterocycles. The largest absolute Gasteiger partial charge is 0.393 e. The van der Waals surface area contributed by atoms with Crippen LogP contribution in [0, 0.1) is 5.92 Å². The molecule has 1 atom stereocenters. The van der Waals surface area contributed by atoms with Gasteiger partial charge in [-0.2, -0.15) is 0 Å². The highest BCUT2D eigenvalue weighted by atomic mass is 16.3. The number of pyridine rings is 2. The Morgan fingerprint density at radius 2 is 2.21 bits per heavy atom. The summed E-state index contributed by atoms with van der Waals surface area (Å²) in [4.78, 5) is 28.5. The van der Waals surface area contributed by atoms with E-state index in [1.165, 1.54) is 10.6 Å². The molecule has 6 nitrogen and oxygen atoms in total. The molecule has 1 saturated carbocycles. The number of aromatic nitrogens is 2. The highest BCUT2D eigenvalue weighted by molar-refractivity contribution is 5.94. The molecule has 2 heterocycles. The van der Waals surface area contributed by atoms with Gasteiger partial charge in [0.2, 0.25) is 0 Å². The Hall–Kier alpha value is -2.47. The number of aliphatic hydroxyl groups is 1. The van der Waals surface area contributed by atoms with Crippen molar-refractivity contribution in [2.45, 2.75) is 31.4 Å². The smallest absolute Gasteiger partial charge is 0.251 e. The Labute approximate surface area is 140 Å². The van der Waals surface area contributed by atoms with Crippen molar-refractivity contribution >= 4 is 5.91 Å². The van der Waals surface area contributed by atoms with Crippen LogP contribution in [0.25, 0.3) is 0 Å². The van der Waals surface area contributed by atoms with Crippen molar-refractivity contribution in [2.24, 2.45) is 13.0 Å². The van der Waals surface area contributed by atoms with Crippen LogP contribution >= 0.6 is 0 Å². The Balaban J connectivity index is 1.74. The fourth-order valence-electron chi connectivity index (χ4n) is 2.98. The van der Waals surface area contributed by atoms with E-state index in [0.717, 1.165) is 5.69 Å². The molecule has 2 aromatic heterocycles. The van der Waals surface area contributed by atoms with Crippen LogP contribution in [0.15, 0.2) is 47.5 Å². The number of nitrogens with zero attached hydrogens (tertiary/aromatic N) is 2. The van der Waals surface area contributed by atoms with Gasteiger partial charge in [-0.25, -0.2) is 0 Å². The quantitative estimate of drug-likeness (QED) is 0.854. The highest BCUT2D eigenvalue weighted by Crippen LogP contribution is 2.31. The molecule has 0 spiro atoms. The first kappa shape index (κ1) is 16.4. The lowest BCUT2D eigenvalue weighted by molar-refractivity contribution is 0.0238. The van der Waals surface area contributed by atoms with Gasteiger partial charge in [0.1, 0.15) is 0 Å². The zero-order valence-corrected chi connectivity index (χ0v) is 13.6. The zero-order valence-electron chi connectivity index (χ0n) is 13.6. The van der Waals surface area contributed by atoms with E-state index in [2.05, 4.69) is 10.3 Å². The van der Waals surface area contributed by atoms with E-state index in [4.69, 9.17) is 0 Å². The average molecular weight is 327 g/mol.